The van der Waals surface area contributed by atoms with Gasteiger partial charge in [0.25, 0.3) is 0 Å². The van der Waals surface area contributed by atoms with Crippen molar-refractivity contribution in [3.05, 3.63) is 12.2 Å². The number of carboxylic acids is 1. The van der Waals surface area contributed by atoms with Crippen LogP contribution >= 0.6 is 0 Å². The lowest BCUT2D eigenvalue weighted by atomic mass is 10.1. The van der Waals surface area contributed by atoms with E-state index >= 15 is 0 Å². The highest BCUT2D eigenvalue weighted by molar-refractivity contribution is 5.71. The molecule has 24 heavy (non-hydrogen) atoms. The molecule has 0 saturated heterocycles. The molecule has 4 heteroatoms. The fraction of sp³-hybridized carbons (Fsp3) is 0.800. The van der Waals surface area contributed by atoms with E-state index in [2.05, 4.69) is 19.1 Å². The van der Waals surface area contributed by atoms with E-state index in [0.29, 0.717) is 12.8 Å². The Morgan fingerprint density at radius 3 is 2.17 bits per heavy atom. The number of hydrogen-bond donors (Lipinski definition) is 1. The van der Waals surface area contributed by atoms with Gasteiger partial charge in [-0.05, 0) is 32.1 Å². The molecule has 0 aliphatic rings. The lowest BCUT2D eigenvalue weighted by Crippen LogP contribution is -2.21. The third kappa shape index (κ3) is 15.6. The second-order valence-electron chi connectivity index (χ2n) is 6.42. The van der Waals surface area contributed by atoms with Crippen molar-refractivity contribution in [1.29, 1.82) is 0 Å². The zero-order chi connectivity index (χ0) is 18.0. The average molecular weight is 341 g/mol. The van der Waals surface area contributed by atoms with Gasteiger partial charge in [-0.25, -0.2) is 0 Å². The van der Waals surface area contributed by atoms with Crippen LogP contribution in [0.15, 0.2) is 12.2 Å². The highest BCUT2D eigenvalue weighted by Gasteiger charge is 2.16. The molecule has 0 saturated carbocycles. The van der Waals surface area contributed by atoms with Gasteiger partial charge in [0.15, 0.2) is 0 Å². The first kappa shape index (κ1) is 22.7. The molecule has 0 fully saturated rings. The lowest BCUT2D eigenvalue weighted by molar-refractivity contribution is -0.153. The quantitative estimate of drug-likeness (QED) is 0.224. The van der Waals surface area contributed by atoms with E-state index in [1.807, 2.05) is 6.92 Å². The largest absolute Gasteiger partial charge is 0.481 e. The van der Waals surface area contributed by atoms with Crippen molar-refractivity contribution in [2.75, 3.05) is 0 Å². The van der Waals surface area contributed by atoms with Gasteiger partial charge < -0.3 is 9.84 Å². The SMILES string of the molecule is CCCC/C=C\CCCCCCCC(=O)OC(CCC)CC(=O)O. The van der Waals surface area contributed by atoms with Gasteiger partial charge in [0, 0.05) is 6.42 Å². The summed E-state index contributed by atoms with van der Waals surface area (Å²) in [6.07, 6.45) is 16.1. The molecule has 1 N–H and O–H groups in total. The van der Waals surface area contributed by atoms with Crippen LogP contribution in [0.5, 0.6) is 0 Å². The van der Waals surface area contributed by atoms with E-state index in [9.17, 15) is 9.59 Å². The number of carbonyl (C=O) groups excluding carboxylic acids is 1. The summed E-state index contributed by atoms with van der Waals surface area (Å²) in [5.41, 5.74) is 0. The van der Waals surface area contributed by atoms with Gasteiger partial charge in [0.1, 0.15) is 6.10 Å². The van der Waals surface area contributed by atoms with Crippen LogP contribution in [-0.2, 0) is 14.3 Å². The molecule has 0 amide bonds. The Hall–Kier alpha value is -1.32. The van der Waals surface area contributed by atoms with Crippen molar-refractivity contribution in [2.24, 2.45) is 0 Å². The van der Waals surface area contributed by atoms with Crippen molar-refractivity contribution < 1.29 is 19.4 Å². The molecule has 0 heterocycles. The Morgan fingerprint density at radius 2 is 1.54 bits per heavy atom. The Bertz CT molecular complexity index is 350. The smallest absolute Gasteiger partial charge is 0.307 e. The Morgan fingerprint density at radius 1 is 0.917 bits per heavy atom. The van der Waals surface area contributed by atoms with Gasteiger partial charge in [0.05, 0.1) is 6.42 Å². The highest BCUT2D eigenvalue weighted by atomic mass is 16.5. The van der Waals surface area contributed by atoms with Crippen LogP contribution in [0.4, 0.5) is 0 Å². The van der Waals surface area contributed by atoms with Crippen LogP contribution in [0.2, 0.25) is 0 Å². The molecule has 0 aliphatic heterocycles. The molecule has 0 radical (unpaired) electrons. The van der Waals surface area contributed by atoms with Crippen LogP contribution in [0.3, 0.4) is 0 Å². The summed E-state index contributed by atoms with van der Waals surface area (Å²) in [6, 6.07) is 0. The Kier molecular flexibility index (Phi) is 15.6. The summed E-state index contributed by atoms with van der Waals surface area (Å²) in [6.45, 7) is 4.17. The maximum Gasteiger partial charge on any atom is 0.307 e. The Labute approximate surface area is 147 Å². The number of unbranched alkanes of at least 4 members (excludes halogenated alkanes) is 7. The fourth-order valence-corrected chi connectivity index (χ4v) is 2.58. The molecule has 0 aromatic carbocycles. The maximum absolute atomic E-state index is 11.7. The number of carbonyl (C=O) groups is 2. The zero-order valence-electron chi connectivity index (χ0n) is 15.6. The van der Waals surface area contributed by atoms with Gasteiger partial charge in [-0.3, -0.25) is 9.59 Å². The molecule has 0 aliphatic carbocycles. The summed E-state index contributed by atoms with van der Waals surface area (Å²) in [5.74, 6) is -1.17. The predicted molar refractivity (Wildman–Crippen MR) is 98.0 cm³/mol. The third-order valence-electron chi connectivity index (χ3n) is 3.95. The van der Waals surface area contributed by atoms with Crippen molar-refractivity contribution in [1.82, 2.24) is 0 Å². The Balaban J connectivity index is 3.57. The minimum atomic E-state index is -0.912. The summed E-state index contributed by atoms with van der Waals surface area (Å²) in [7, 11) is 0. The van der Waals surface area contributed by atoms with Crippen LogP contribution in [0, 0.1) is 0 Å². The number of aliphatic carboxylic acids is 1. The van der Waals surface area contributed by atoms with Gasteiger partial charge >= 0.3 is 11.9 Å². The monoisotopic (exact) mass is 340 g/mol. The van der Waals surface area contributed by atoms with Crippen molar-refractivity contribution >= 4 is 11.9 Å². The minimum absolute atomic E-state index is 0.0919. The lowest BCUT2D eigenvalue weighted by Gasteiger charge is -2.15. The van der Waals surface area contributed by atoms with Gasteiger partial charge in [-0.2, -0.15) is 0 Å². The average Bonchev–Trinajstić information content (AvgIpc) is 2.52. The van der Waals surface area contributed by atoms with Crippen LogP contribution < -0.4 is 0 Å². The number of hydrogen-bond acceptors (Lipinski definition) is 3. The van der Waals surface area contributed by atoms with Crippen molar-refractivity contribution in [3.63, 3.8) is 0 Å². The van der Waals surface area contributed by atoms with Crippen LogP contribution in [0.25, 0.3) is 0 Å². The first-order valence-electron chi connectivity index (χ1n) is 9.66. The molecule has 4 nitrogen and oxygen atoms in total. The predicted octanol–water partition coefficient (Wildman–Crippen LogP) is 5.65. The van der Waals surface area contributed by atoms with E-state index in [0.717, 1.165) is 32.1 Å². The van der Waals surface area contributed by atoms with Crippen molar-refractivity contribution in [3.8, 4) is 0 Å². The summed E-state index contributed by atoms with van der Waals surface area (Å²) in [4.78, 5) is 22.5. The van der Waals surface area contributed by atoms with Crippen LogP contribution in [-0.4, -0.2) is 23.1 Å². The summed E-state index contributed by atoms with van der Waals surface area (Å²) in [5, 5.41) is 8.80. The first-order chi connectivity index (χ1) is 11.6. The molecule has 140 valence electrons. The zero-order valence-corrected chi connectivity index (χ0v) is 15.6. The molecule has 0 spiro atoms. The molecular formula is C20H36O4. The van der Waals surface area contributed by atoms with E-state index in [4.69, 9.17) is 9.84 Å². The molecule has 1 unspecified atom stereocenters. The van der Waals surface area contributed by atoms with Crippen LogP contribution in [0.1, 0.15) is 97.3 Å². The molecule has 0 aromatic rings. The van der Waals surface area contributed by atoms with Gasteiger partial charge in [-0.1, -0.05) is 64.5 Å². The second kappa shape index (κ2) is 16.5. The fourth-order valence-electron chi connectivity index (χ4n) is 2.58. The summed E-state index contributed by atoms with van der Waals surface area (Å²) >= 11 is 0. The van der Waals surface area contributed by atoms with E-state index < -0.39 is 12.1 Å². The number of ether oxygens (including phenoxy) is 1. The number of esters is 1. The number of carboxylic acid groups (broad SMARTS) is 1. The van der Waals surface area contributed by atoms with Gasteiger partial charge in [-0.15, -0.1) is 0 Å². The third-order valence-corrected chi connectivity index (χ3v) is 3.95. The summed E-state index contributed by atoms with van der Waals surface area (Å²) < 4.78 is 5.26. The second-order valence-corrected chi connectivity index (χ2v) is 6.42. The standard InChI is InChI=1S/C20H36O4/c1-3-5-6-7-8-9-10-11-12-13-14-16-20(23)24-18(15-4-2)17-19(21)22/h7-8,18H,3-6,9-17H2,1-2H3,(H,21,22)/b8-7-. The topological polar surface area (TPSA) is 63.6 Å². The molecule has 0 aromatic heterocycles. The number of rotatable bonds is 16. The maximum atomic E-state index is 11.7. The highest BCUT2D eigenvalue weighted by Crippen LogP contribution is 2.12. The molecule has 0 bridgehead atoms. The van der Waals surface area contributed by atoms with E-state index in [-0.39, 0.29) is 12.4 Å². The van der Waals surface area contributed by atoms with E-state index in [1.165, 1.54) is 32.1 Å². The molecule has 0 rings (SSSR count). The minimum Gasteiger partial charge on any atom is -0.481 e. The normalized spacial score (nSPS) is 12.4. The van der Waals surface area contributed by atoms with Gasteiger partial charge in [0.2, 0.25) is 0 Å². The molecule has 1 atom stereocenters. The van der Waals surface area contributed by atoms with E-state index in [1.54, 1.807) is 0 Å². The molecular weight excluding hydrogens is 304 g/mol. The van der Waals surface area contributed by atoms with Crippen molar-refractivity contribution in [2.45, 2.75) is 103 Å². The first-order valence-corrected chi connectivity index (χ1v) is 9.66. The number of allylic oxidation sites excluding steroid dienone is 2.